The number of nitrogens with zero attached hydrogens (tertiary/aromatic N) is 5. The van der Waals surface area contributed by atoms with Gasteiger partial charge in [0, 0.05) is 29.0 Å². The van der Waals surface area contributed by atoms with Crippen LogP contribution in [0.5, 0.6) is 17.2 Å². The maximum absolute atomic E-state index is 13.9. The summed E-state index contributed by atoms with van der Waals surface area (Å²) in [7, 11) is 0. The Bertz CT molecular complexity index is 1970. The number of amides is 2. The van der Waals surface area contributed by atoms with Gasteiger partial charge in [0.1, 0.15) is 17.3 Å². The largest absolute Gasteiger partial charge is 0.487 e. The van der Waals surface area contributed by atoms with E-state index in [-0.39, 0.29) is 48.1 Å². The summed E-state index contributed by atoms with van der Waals surface area (Å²) in [6.07, 6.45) is 3.24. The van der Waals surface area contributed by atoms with Crippen LogP contribution in [0, 0.1) is 21.4 Å². The average molecular weight is 604 g/mol. The second-order valence-electron chi connectivity index (χ2n) is 10.1. The fourth-order valence-electron chi connectivity index (χ4n) is 5.17. The number of nitriles is 1. The van der Waals surface area contributed by atoms with E-state index in [0.717, 1.165) is 4.90 Å². The van der Waals surface area contributed by atoms with Gasteiger partial charge in [-0.1, -0.05) is 24.3 Å². The summed E-state index contributed by atoms with van der Waals surface area (Å²) in [6, 6.07) is 20.8. The first kappa shape index (κ1) is 28.9. The maximum atomic E-state index is 13.9. The van der Waals surface area contributed by atoms with Crippen molar-refractivity contribution in [2.24, 2.45) is 0 Å². The molecule has 0 N–H and O–H groups in total. The van der Waals surface area contributed by atoms with E-state index >= 15 is 0 Å². The number of imide groups is 1. The lowest BCUT2D eigenvalue weighted by molar-refractivity contribution is -0.385. The van der Waals surface area contributed by atoms with Crippen molar-refractivity contribution in [1.29, 1.82) is 5.26 Å². The van der Waals surface area contributed by atoms with E-state index in [4.69, 9.17) is 19.3 Å². The van der Waals surface area contributed by atoms with Gasteiger partial charge in [0.2, 0.25) is 6.79 Å². The SMILES string of the molecule is CCOc1ccc(-c2nn(-c3ccccc3)cc2/C=C2/C(=O)N(Cc3ccc4c(c3)OCO4)C(=O)C(C#N)=C2C)cc1[N+](=O)[O-]. The topological polar surface area (TPSA) is 150 Å². The van der Waals surface area contributed by atoms with Gasteiger partial charge in [-0.25, -0.2) is 4.68 Å². The number of hydrogen-bond donors (Lipinski definition) is 0. The van der Waals surface area contributed by atoms with Gasteiger partial charge in [-0.15, -0.1) is 0 Å². The highest BCUT2D eigenvalue weighted by molar-refractivity contribution is 6.19. The average Bonchev–Trinajstić information content (AvgIpc) is 3.69. The van der Waals surface area contributed by atoms with Gasteiger partial charge in [-0.3, -0.25) is 24.6 Å². The van der Waals surface area contributed by atoms with Crippen LogP contribution in [0.4, 0.5) is 5.69 Å². The quantitative estimate of drug-likeness (QED) is 0.112. The summed E-state index contributed by atoms with van der Waals surface area (Å²) in [4.78, 5) is 39.6. The third-order valence-corrected chi connectivity index (χ3v) is 7.40. The Morgan fingerprint density at radius 3 is 2.58 bits per heavy atom. The minimum atomic E-state index is -0.711. The summed E-state index contributed by atoms with van der Waals surface area (Å²) in [6.45, 7) is 3.49. The molecule has 1 aromatic heterocycles. The molecule has 6 rings (SSSR count). The molecule has 4 aromatic rings. The molecule has 0 saturated carbocycles. The monoisotopic (exact) mass is 603 g/mol. The van der Waals surface area contributed by atoms with Crippen molar-refractivity contribution < 1.29 is 28.7 Å². The van der Waals surface area contributed by atoms with Crippen LogP contribution in [0.1, 0.15) is 25.0 Å². The van der Waals surface area contributed by atoms with Crippen LogP contribution in [0.3, 0.4) is 0 Å². The smallest absolute Gasteiger partial charge is 0.311 e. The number of fused-ring (bicyclic) bond motifs is 1. The Kier molecular flexibility index (Phi) is 7.58. The molecule has 0 saturated heterocycles. The lowest BCUT2D eigenvalue weighted by atomic mass is 9.93. The minimum Gasteiger partial charge on any atom is -0.487 e. The number of nitro groups is 1. The molecule has 2 amide bonds. The highest BCUT2D eigenvalue weighted by Gasteiger charge is 2.36. The van der Waals surface area contributed by atoms with Gasteiger partial charge in [0.15, 0.2) is 17.2 Å². The molecule has 3 aromatic carbocycles. The zero-order valence-electron chi connectivity index (χ0n) is 24.2. The predicted octanol–water partition coefficient (Wildman–Crippen LogP) is 5.37. The molecular weight excluding hydrogens is 578 g/mol. The van der Waals surface area contributed by atoms with Crippen LogP contribution in [0.15, 0.2) is 89.6 Å². The molecule has 224 valence electrons. The molecule has 0 bridgehead atoms. The van der Waals surface area contributed by atoms with Gasteiger partial charge >= 0.3 is 5.69 Å². The van der Waals surface area contributed by atoms with Gasteiger partial charge in [-0.2, -0.15) is 10.4 Å². The van der Waals surface area contributed by atoms with Crippen molar-refractivity contribution in [2.75, 3.05) is 13.4 Å². The molecule has 12 heteroatoms. The lowest BCUT2D eigenvalue weighted by Crippen LogP contribution is -2.42. The van der Waals surface area contributed by atoms with E-state index in [2.05, 4.69) is 0 Å². The van der Waals surface area contributed by atoms with Crippen molar-refractivity contribution in [3.05, 3.63) is 111 Å². The Hall–Kier alpha value is -6.22. The number of benzene rings is 3. The third kappa shape index (κ3) is 5.38. The van der Waals surface area contributed by atoms with Gasteiger partial charge in [0.05, 0.1) is 23.8 Å². The van der Waals surface area contributed by atoms with E-state index < -0.39 is 16.7 Å². The van der Waals surface area contributed by atoms with E-state index in [1.54, 1.807) is 55.1 Å². The number of rotatable bonds is 8. The molecule has 2 aliphatic heterocycles. The van der Waals surface area contributed by atoms with Crippen molar-refractivity contribution in [3.63, 3.8) is 0 Å². The number of para-hydroxylation sites is 1. The fourth-order valence-corrected chi connectivity index (χ4v) is 5.17. The summed E-state index contributed by atoms with van der Waals surface area (Å²) < 4.78 is 17.8. The van der Waals surface area contributed by atoms with E-state index in [1.807, 2.05) is 36.4 Å². The molecule has 3 heterocycles. The van der Waals surface area contributed by atoms with Crippen LogP contribution in [-0.4, -0.2) is 44.8 Å². The Labute approximate surface area is 257 Å². The van der Waals surface area contributed by atoms with Gasteiger partial charge in [0.25, 0.3) is 11.8 Å². The van der Waals surface area contributed by atoms with Crippen molar-refractivity contribution in [3.8, 4) is 40.3 Å². The van der Waals surface area contributed by atoms with Crippen LogP contribution < -0.4 is 14.2 Å². The van der Waals surface area contributed by atoms with Crippen molar-refractivity contribution in [2.45, 2.75) is 20.4 Å². The van der Waals surface area contributed by atoms with Crippen LogP contribution in [0.2, 0.25) is 0 Å². The van der Waals surface area contributed by atoms with Gasteiger partial charge in [-0.05, 0) is 67.5 Å². The normalized spacial score (nSPS) is 15.0. The second kappa shape index (κ2) is 11.8. The standard InChI is InChI=1S/C33H25N5O7/c1-3-43-28-12-10-22(15-27(28)38(41)42)31-23(18-37(35-31)24-7-5-4-6-8-24)14-25-20(2)26(16-34)33(40)36(32(25)39)17-21-9-11-29-30(13-21)45-19-44-29/h4-15,18H,3,17,19H2,1-2H3/b25-14+. The highest BCUT2D eigenvalue weighted by atomic mass is 16.7. The van der Waals surface area contributed by atoms with Crippen LogP contribution >= 0.6 is 0 Å². The lowest BCUT2D eigenvalue weighted by Gasteiger charge is -2.27. The number of carbonyl (C=O) groups excluding carboxylic acids is 2. The minimum absolute atomic E-state index is 0.0737. The summed E-state index contributed by atoms with van der Waals surface area (Å²) in [5.74, 6) is -0.148. The predicted molar refractivity (Wildman–Crippen MR) is 161 cm³/mol. The van der Waals surface area contributed by atoms with E-state index in [9.17, 15) is 25.0 Å². The van der Waals surface area contributed by atoms with Crippen LogP contribution in [0.25, 0.3) is 23.0 Å². The molecule has 0 atom stereocenters. The molecule has 0 fully saturated rings. The van der Waals surface area contributed by atoms with E-state index in [1.165, 1.54) is 12.1 Å². The molecule has 0 aliphatic carbocycles. The zero-order chi connectivity index (χ0) is 31.7. The molecule has 12 nitrogen and oxygen atoms in total. The number of hydrogen-bond acceptors (Lipinski definition) is 9. The van der Waals surface area contributed by atoms with Gasteiger partial charge < -0.3 is 14.2 Å². The fraction of sp³-hybridized carbons (Fsp3) is 0.152. The molecule has 0 unspecified atom stereocenters. The van der Waals surface area contributed by atoms with Crippen molar-refractivity contribution in [1.82, 2.24) is 14.7 Å². The third-order valence-electron chi connectivity index (χ3n) is 7.40. The number of carbonyl (C=O) groups is 2. The Morgan fingerprint density at radius 1 is 1.07 bits per heavy atom. The first-order valence-electron chi connectivity index (χ1n) is 13.9. The first-order chi connectivity index (χ1) is 21.8. The number of ether oxygens (including phenoxy) is 3. The summed E-state index contributed by atoms with van der Waals surface area (Å²) in [5.41, 5.74) is 2.43. The van der Waals surface area contributed by atoms with Crippen molar-refractivity contribution >= 4 is 23.6 Å². The second-order valence-corrected chi connectivity index (χ2v) is 10.1. The molecule has 0 spiro atoms. The summed E-state index contributed by atoms with van der Waals surface area (Å²) >= 11 is 0. The molecule has 45 heavy (non-hydrogen) atoms. The molecule has 2 aliphatic rings. The Morgan fingerprint density at radius 2 is 1.84 bits per heavy atom. The number of nitro benzene ring substituents is 1. The number of aromatic nitrogens is 2. The maximum Gasteiger partial charge on any atom is 0.311 e. The highest BCUT2D eigenvalue weighted by Crippen LogP contribution is 2.37. The van der Waals surface area contributed by atoms with E-state index in [0.29, 0.717) is 39.6 Å². The first-order valence-corrected chi connectivity index (χ1v) is 13.9. The zero-order valence-corrected chi connectivity index (χ0v) is 24.2. The molecular formula is C33H25N5O7. The molecule has 0 radical (unpaired) electrons. The Balaban J connectivity index is 1.47. The summed E-state index contributed by atoms with van der Waals surface area (Å²) in [5, 5.41) is 26.6. The van der Waals surface area contributed by atoms with Crippen LogP contribution in [-0.2, 0) is 16.1 Å².